The van der Waals surface area contributed by atoms with E-state index in [1.807, 2.05) is 36.4 Å². The summed E-state index contributed by atoms with van der Waals surface area (Å²) < 4.78 is 11.2. The molecule has 3 nitrogen and oxygen atoms in total. The minimum Gasteiger partial charge on any atom is -0.418 e. The van der Waals surface area contributed by atoms with E-state index >= 15 is 0 Å². The van der Waals surface area contributed by atoms with E-state index in [-0.39, 0.29) is 0 Å². The molecule has 0 fully saturated rings. The SMILES string of the molecule is CCC(C)c1cccc(OP(O)Oc2cccc(C(C)CC)c2)c1. The third-order valence-corrected chi connectivity index (χ3v) is 5.18. The molecule has 0 heterocycles. The number of rotatable bonds is 8. The molecule has 1 N–H and O–H groups in total. The molecule has 0 spiro atoms. The van der Waals surface area contributed by atoms with E-state index in [0.29, 0.717) is 23.3 Å². The topological polar surface area (TPSA) is 38.7 Å². The van der Waals surface area contributed by atoms with E-state index in [0.717, 1.165) is 12.8 Å². The minimum atomic E-state index is -2.00. The fourth-order valence-electron chi connectivity index (χ4n) is 2.43. The summed E-state index contributed by atoms with van der Waals surface area (Å²) in [4.78, 5) is 10.1. The van der Waals surface area contributed by atoms with Gasteiger partial charge in [0.2, 0.25) is 0 Å². The monoisotopic (exact) mass is 346 g/mol. The normalized spacial score (nSPS) is 14.7. The molecule has 0 saturated heterocycles. The van der Waals surface area contributed by atoms with Crippen molar-refractivity contribution in [3.05, 3.63) is 59.7 Å². The summed E-state index contributed by atoms with van der Waals surface area (Å²) in [6.45, 7) is 8.67. The summed E-state index contributed by atoms with van der Waals surface area (Å²) in [5.74, 6) is 2.21. The summed E-state index contributed by atoms with van der Waals surface area (Å²) in [6.07, 6.45) is 2.13. The van der Waals surface area contributed by atoms with E-state index in [9.17, 15) is 4.89 Å². The standard InChI is InChI=1S/C20H27O3P/c1-5-15(3)17-9-7-11-19(13-17)22-24(21)23-20-12-8-10-18(14-20)16(4)6-2/h7-16,21H,5-6H2,1-4H3. The van der Waals surface area contributed by atoms with Gasteiger partial charge in [-0.15, -0.1) is 0 Å². The van der Waals surface area contributed by atoms with Crippen LogP contribution in [-0.2, 0) is 0 Å². The van der Waals surface area contributed by atoms with Crippen LogP contribution in [0.25, 0.3) is 0 Å². The lowest BCUT2D eigenvalue weighted by atomic mass is 9.99. The molecule has 2 unspecified atom stereocenters. The van der Waals surface area contributed by atoms with E-state index in [1.165, 1.54) is 11.1 Å². The van der Waals surface area contributed by atoms with Gasteiger partial charge in [-0.2, -0.15) is 0 Å². The summed E-state index contributed by atoms with van der Waals surface area (Å²) in [7, 11) is -2.00. The Morgan fingerprint density at radius 1 is 0.833 bits per heavy atom. The van der Waals surface area contributed by atoms with E-state index in [4.69, 9.17) is 9.05 Å². The molecule has 2 rings (SSSR count). The molecule has 0 aromatic heterocycles. The van der Waals surface area contributed by atoms with Crippen molar-refractivity contribution in [1.29, 1.82) is 0 Å². The molecule has 0 saturated carbocycles. The molecule has 4 heteroatoms. The first kappa shape index (κ1) is 18.8. The van der Waals surface area contributed by atoms with Gasteiger partial charge in [-0.25, -0.2) is 0 Å². The lowest BCUT2D eigenvalue weighted by molar-refractivity contribution is 0.381. The summed E-state index contributed by atoms with van der Waals surface area (Å²) in [5, 5.41) is 0. The smallest absolute Gasteiger partial charge is 0.418 e. The quantitative estimate of drug-likeness (QED) is 0.563. The van der Waals surface area contributed by atoms with Gasteiger partial charge in [-0.1, -0.05) is 52.0 Å². The Morgan fingerprint density at radius 2 is 1.25 bits per heavy atom. The maximum absolute atomic E-state index is 10.1. The molecule has 0 aliphatic heterocycles. The Bertz CT molecular complexity index is 589. The first-order valence-corrected chi connectivity index (χ1v) is 9.71. The predicted molar refractivity (Wildman–Crippen MR) is 101 cm³/mol. The van der Waals surface area contributed by atoms with Gasteiger partial charge in [0.05, 0.1) is 0 Å². The predicted octanol–water partition coefficient (Wildman–Crippen LogP) is 6.39. The van der Waals surface area contributed by atoms with Crippen molar-refractivity contribution in [2.24, 2.45) is 0 Å². The Hall–Kier alpha value is -1.57. The zero-order valence-electron chi connectivity index (χ0n) is 14.9. The minimum absolute atomic E-state index is 0.464. The van der Waals surface area contributed by atoms with E-state index in [1.54, 1.807) is 0 Å². The van der Waals surface area contributed by atoms with Gasteiger partial charge in [-0.05, 0) is 60.1 Å². The molecule has 24 heavy (non-hydrogen) atoms. The number of hydrogen-bond acceptors (Lipinski definition) is 3. The molecule has 2 atom stereocenters. The van der Waals surface area contributed by atoms with Crippen LogP contribution in [0.3, 0.4) is 0 Å². The summed E-state index contributed by atoms with van der Waals surface area (Å²) >= 11 is 0. The lowest BCUT2D eigenvalue weighted by Gasteiger charge is -2.16. The van der Waals surface area contributed by atoms with Crippen LogP contribution in [0.4, 0.5) is 0 Å². The van der Waals surface area contributed by atoms with Gasteiger partial charge in [0.1, 0.15) is 11.5 Å². The van der Waals surface area contributed by atoms with Crippen LogP contribution >= 0.6 is 8.60 Å². The second-order valence-electron chi connectivity index (χ2n) is 6.18. The molecule has 130 valence electrons. The van der Waals surface area contributed by atoms with Crippen LogP contribution in [0.2, 0.25) is 0 Å². The molecule has 0 amide bonds. The zero-order valence-corrected chi connectivity index (χ0v) is 15.8. The average Bonchev–Trinajstić information content (AvgIpc) is 2.60. The van der Waals surface area contributed by atoms with Crippen LogP contribution in [-0.4, -0.2) is 4.89 Å². The lowest BCUT2D eigenvalue weighted by Crippen LogP contribution is -1.97. The average molecular weight is 346 g/mol. The second kappa shape index (κ2) is 9.05. The van der Waals surface area contributed by atoms with Crippen LogP contribution < -0.4 is 9.05 Å². The third-order valence-electron chi connectivity index (χ3n) is 4.45. The number of benzene rings is 2. The fourth-order valence-corrected chi connectivity index (χ4v) is 3.05. The highest BCUT2D eigenvalue weighted by Gasteiger charge is 2.14. The Morgan fingerprint density at radius 3 is 1.62 bits per heavy atom. The molecule has 0 bridgehead atoms. The van der Waals surface area contributed by atoms with Gasteiger partial charge in [0, 0.05) is 0 Å². The maximum Gasteiger partial charge on any atom is 0.460 e. The Labute approximate surface area is 146 Å². The second-order valence-corrected chi connectivity index (χ2v) is 7.02. The molecular weight excluding hydrogens is 319 g/mol. The first-order valence-electron chi connectivity index (χ1n) is 8.58. The highest BCUT2D eigenvalue weighted by Crippen LogP contribution is 2.38. The third kappa shape index (κ3) is 5.22. The van der Waals surface area contributed by atoms with Gasteiger partial charge in [-0.3, -0.25) is 0 Å². The summed E-state index contributed by atoms with van der Waals surface area (Å²) in [6, 6.07) is 15.7. The van der Waals surface area contributed by atoms with Crippen molar-refractivity contribution in [2.45, 2.75) is 52.4 Å². The van der Waals surface area contributed by atoms with Crippen LogP contribution in [0.15, 0.2) is 48.5 Å². The molecule has 0 radical (unpaired) electrons. The van der Waals surface area contributed by atoms with Crippen LogP contribution in [0, 0.1) is 0 Å². The van der Waals surface area contributed by atoms with E-state index < -0.39 is 8.60 Å². The Balaban J connectivity index is 2.02. The molecule has 0 aliphatic rings. The van der Waals surface area contributed by atoms with Gasteiger partial charge in [0.15, 0.2) is 0 Å². The molecule has 0 aliphatic carbocycles. The van der Waals surface area contributed by atoms with Crippen molar-refractivity contribution in [3.8, 4) is 11.5 Å². The maximum atomic E-state index is 10.1. The van der Waals surface area contributed by atoms with Crippen LogP contribution in [0.5, 0.6) is 11.5 Å². The van der Waals surface area contributed by atoms with Crippen molar-refractivity contribution >= 4 is 8.60 Å². The van der Waals surface area contributed by atoms with Crippen molar-refractivity contribution < 1.29 is 13.9 Å². The highest BCUT2D eigenvalue weighted by atomic mass is 31.2. The molecule has 2 aromatic rings. The Kier molecular flexibility index (Phi) is 7.08. The van der Waals surface area contributed by atoms with Crippen molar-refractivity contribution in [2.75, 3.05) is 0 Å². The van der Waals surface area contributed by atoms with Crippen molar-refractivity contribution in [1.82, 2.24) is 0 Å². The van der Waals surface area contributed by atoms with Gasteiger partial charge in [0.25, 0.3) is 0 Å². The first-order chi connectivity index (χ1) is 11.5. The highest BCUT2D eigenvalue weighted by molar-refractivity contribution is 7.41. The molecular formula is C20H27O3P. The number of hydrogen-bond donors (Lipinski definition) is 1. The van der Waals surface area contributed by atoms with Crippen molar-refractivity contribution in [3.63, 3.8) is 0 Å². The zero-order chi connectivity index (χ0) is 17.5. The molecule has 2 aromatic carbocycles. The summed E-state index contributed by atoms with van der Waals surface area (Å²) in [5.41, 5.74) is 2.41. The fraction of sp³-hybridized carbons (Fsp3) is 0.400. The van der Waals surface area contributed by atoms with Gasteiger partial charge < -0.3 is 13.9 Å². The van der Waals surface area contributed by atoms with E-state index in [2.05, 4.69) is 39.8 Å². The van der Waals surface area contributed by atoms with Gasteiger partial charge >= 0.3 is 8.60 Å². The van der Waals surface area contributed by atoms with Crippen LogP contribution in [0.1, 0.15) is 63.5 Å². The largest absolute Gasteiger partial charge is 0.460 e.